The number of nitrogens with one attached hydrogen (secondary N) is 1. The van der Waals surface area contributed by atoms with Crippen molar-refractivity contribution in [1.82, 2.24) is 15.1 Å². The summed E-state index contributed by atoms with van der Waals surface area (Å²) in [7, 11) is 1.84. The molecule has 0 aromatic carbocycles. The van der Waals surface area contributed by atoms with E-state index in [4.69, 9.17) is 0 Å². The number of aryl methyl sites for hydroxylation is 2. The van der Waals surface area contributed by atoms with E-state index in [1.54, 1.807) is 22.5 Å². The predicted molar refractivity (Wildman–Crippen MR) is 87.7 cm³/mol. The van der Waals surface area contributed by atoms with Crippen molar-refractivity contribution in [2.75, 3.05) is 11.5 Å². The van der Waals surface area contributed by atoms with Crippen LogP contribution in [0.4, 0.5) is 0 Å². The fourth-order valence-corrected chi connectivity index (χ4v) is 4.92. The SMILES string of the molecule is Cc1nn(C)c2sc(C(=O)NC3(C(=O)O)CCSCC3)cc12. The summed E-state index contributed by atoms with van der Waals surface area (Å²) < 4.78 is 1.75. The molecule has 2 aromatic heterocycles. The van der Waals surface area contributed by atoms with E-state index in [0.29, 0.717) is 17.7 Å². The third-order valence-corrected chi connectivity index (χ3v) is 6.21. The molecule has 3 heterocycles. The molecule has 118 valence electrons. The highest BCUT2D eigenvalue weighted by Gasteiger charge is 2.41. The molecule has 0 unspecified atom stereocenters. The molecule has 3 rings (SSSR count). The van der Waals surface area contributed by atoms with Gasteiger partial charge in [-0.05, 0) is 37.3 Å². The van der Waals surface area contributed by atoms with Crippen molar-refractivity contribution in [3.8, 4) is 0 Å². The van der Waals surface area contributed by atoms with E-state index in [9.17, 15) is 14.7 Å². The maximum absolute atomic E-state index is 12.5. The van der Waals surface area contributed by atoms with E-state index in [0.717, 1.165) is 27.4 Å². The number of amides is 1. The molecule has 0 saturated carbocycles. The number of carboxylic acid groups (broad SMARTS) is 1. The van der Waals surface area contributed by atoms with Gasteiger partial charge in [0.25, 0.3) is 5.91 Å². The van der Waals surface area contributed by atoms with E-state index in [1.165, 1.54) is 11.3 Å². The third-order valence-electron chi connectivity index (χ3n) is 4.03. The average molecular weight is 339 g/mol. The number of carboxylic acids is 1. The minimum absolute atomic E-state index is 0.310. The van der Waals surface area contributed by atoms with Crippen LogP contribution < -0.4 is 5.32 Å². The van der Waals surface area contributed by atoms with Crippen LogP contribution in [0.25, 0.3) is 10.2 Å². The summed E-state index contributed by atoms with van der Waals surface area (Å²) in [6, 6.07) is 1.80. The van der Waals surface area contributed by atoms with Gasteiger partial charge < -0.3 is 10.4 Å². The van der Waals surface area contributed by atoms with Crippen molar-refractivity contribution >= 4 is 45.2 Å². The predicted octanol–water partition coefficient (Wildman–Crippen LogP) is 2.02. The number of hydrogen-bond acceptors (Lipinski definition) is 5. The molecule has 0 atom stereocenters. The van der Waals surface area contributed by atoms with Crippen LogP contribution in [0, 0.1) is 6.92 Å². The number of carbonyl (C=O) groups is 2. The van der Waals surface area contributed by atoms with Gasteiger partial charge in [-0.3, -0.25) is 9.48 Å². The molecule has 1 aliphatic heterocycles. The van der Waals surface area contributed by atoms with Gasteiger partial charge in [-0.25, -0.2) is 4.79 Å². The van der Waals surface area contributed by atoms with E-state index in [2.05, 4.69) is 10.4 Å². The lowest BCUT2D eigenvalue weighted by molar-refractivity contribution is -0.144. The number of aromatic nitrogens is 2. The Morgan fingerprint density at radius 2 is 2.09 bits per heavy atom. The monoisotopic (exact) mass is 339 g/mol. The first-order valence-corrected chi connectivity index (χ1v) is 8.97. The van der Waals surface area contributed by atoms with Crippen LogP contribution in [-0.4, -0.2) is 43.8 Å². The Hall–Kier alpha value is -1.54. The van der Waals surface area contributed by atoms with Crippen molar-refractivity contribution in [1.29, 1.82) is 0 Å². The Labute approximate surface area is 135 Å². The van der Waals surface area contributed by atoms with Crippen LogP contribution in [0.15, 0.2) is 6.07 Å². The molecular formula is C14H17N3O3S2. The van der Waals surface area contributed by atoms with Gasteiger partial charge >= 0.3 is 5.97 Å². The summed E-state index contributed by atoms with van der Waals surface area (Å²) in [4.78, 5) is 25.6. The first-order valence-electron chi connectivity index (χ1n) is 7.00. The first-order chi connectivity index (χ1) is 10.4. The summed E-state index contributed by atoms with van der Waals surface area (Å²) in [5.41, 5.74) is -0.263. The van der Waals surface area contributed by atoms with Crippen LogP contribution in [-0.2, 0) is 11.8 Å². The number of hydrogen-bond donors (Lipinski definition) is 2. The fourth-order valence-electron chi connectivity index (χ4n) is 2.71. The molecule has 0 aliphatic carbocycles. The normalized spacial score (nSPS) is 17.5. The Kier molecular flexibility index (Phi) is 3.90. The third kappa shape index (κ3) is 2.50. The maximum atomic E-state index is 12.5. The highest BCUT2D eigenvalue weighted by molar-refractivity contribution is 7.99. The molecule has 2 aromatic rings. The number of thioether (sulfide) groups is 1. The van der Waals surface area contributed by atoms with E-state index < -0.39 is 11.5 Å². The molecule has 0 bridgehead atoms. The number of nitrogens with zero attached hydrogens (tertiary/aromatic N) is 2. The number of rotatable bonds is 3. The molecule has 1 aliphatic rings. The number of carbonyl (C=O) groups excluding carboxylic acids is 1. The lowest BCUT2D eigenvalue weighted by atomic mass is 9.92. The van der Waals surface area contributed by atoms with Crippen molar-refractivity contribution in [2.24, 2.45) is 7.05 Å². The average Bonchev–Trinajstić information content (AvgIpc) is 3.02. The zero-order chi connectivity index (χ0) is 15.9. The lowest BCUT2D eigenvalue weighted by Crippen LogP contribution is -2.56. The molecule has 8 heteroatoms. The van der Waals surface area contributed by atoms with E-state index >= 15 is 0 Å². The molecule has 1 fully saturated rings. The van der Waals surface area contributed by atoms with Gasteiger partial charge in [0.1, 0.15) is 10.4 Å². The largest absolute Gasteiger partial charge is 0.480 e. The fraction of sp³-hybridized carbons (Fsp3) is 0.500. The molecule has 0 spiro atoms. The van der Waals surface area contributed by atoms with Crippen LogP contribution in [0.2, 0.25) is 0 Å². The quantitative estimate of drug-likeness (QED) is 0.894. The summed E-state index contributed by atoms with van der Waals surface area (Å²) in [6.07, 6.45) is 0.925. The molecule has 1 amide bonds. The number of thiophene rings is 1. The van der Waals surface area contributed by atoms with Gasteiger partial charge in [0, 0.05) is 12.4 Å². The highest BCUT2D eigenvalue weighted by atomic mass is 32.2. The van der Waals surface area contributed by atoms with Gasteiger partial charge in [-0.1, -0.05) is 0 Å². The molecule has 0 radical (unpaired) electrons. The lowest BCUT2D eigenvalue weighted by Gasteiger charge is -2.33. The standard InChI is InChI=1S/C14H17N3O3S2/c1-8-9-7-10(22-12(9)17(2)16-8)11(18)15-14(13(19)20)3-5-21-6-4-14/h7H,3-6H2,1-2H3,(H,15,18)(H,19,20). The zero-order valence-corrected chi connectivity index (χ0v) is 14.0. The topological polar surface area (TPSA) is 84.2 Å². The minimum Gasteiger partial charge on any atom is -0.480 e. The Bertz CT molecular complexity index is 709. The second kappa shape index (κ2) is 5.58. The first kappa shape index (κ1) is 15.4. The summed E-state index contributed by atoms with van der Waals surface area (Å²) >= 11 is 3.07. The van der Waals surface area contributed by atoms with Crippen LogP contribution in [0.5, 0.6) is 0 Å². The molecule has 2 N–H and O–H groups in total. The van der Waals surface area contributed by atoms with Crippen molar-refractivity contribution in [2.45, 2.75) is 25.3 Å². The maximum Gasteiger partial charge on any atom is 0.329 e. The van der Waals surface area contributed by atoms with E-state index in [1.807, 2.05) is 14.0 Å². The molecule has 1 saturated heterocycles. The molecule has 22 heavy (non-hydrogen) atoms. The summed E-state index contributed by atoms with van der Waals surface area (Å²) in [5, 5.41) is 17.6. The molecular weight excluding hydrogens is 322 g/mol. The summed E-state index contributed by atoms with van der Waals surface area (Å²) in [6.45, 7) is 1.90. The van der Waals surface area contributed by atoms with Gasteiger partial charge in [-0.2, -0.15) is 16.9 Å². The number of fused-ring (bicyclic) bond motifs is 1. The Morgan fingerprint density at radius 1 is 1.41 bits per heavy atom. The van der Waals surface area contributed by atoms with Gasteiger partial charge in [-0.15, -0.1) is 11.3 Å². The Morgan fingerprint density at radius 3 is 2.68 bits per heavy atom. The highest BCUT2D eigenvalue weighted by Crippen LogP contribution is 2.30. The van der Waals surface area contributed by atoms with Crippen LogP contribution in [0.3, 0.4) is 0 Å². The second-order valence-corrected chi connectivity index (χ2v) is 7.75. The van der Waals surface area contributed by atoms with Crippen molar-refractivity contribution < 1.29 is 14.7 Å². The Balaban J connectivity index is 1.88. The van der Waals surface area contributed by atoms with Crippen LogP contribution >= 0.6 is 23.1 Å². The van der Waals surface area contributed by atoms with Crippen LogP contribution in [0.1, 0.15) is 28.2 Å². The second-order valence-electron chi connectivity index (χ2n) is 5.49. The smallest absolute Gasteiger partial charge is 0.329 e. The minimum atomic E-state index is -1.13. The van der Waals surface area contributed by atoms with Gasteiger partial charge in [0.2, 0.25) is 0 Å². The summed E-state index contributed by atoms with van der Waals surface area (Å²) in [5.74, 6) is 0.249. The zero-order valence-electron chi connectivity index (χ0n) is 12.4. The van der Waals surface area contributed by atoms with Crippen molar-refractivity contribution in [3.63, 3.8) is 0 Å². The van der Waals surface area contributed by atoms with E-state index in [-0.39, 0.29) is 5.91 Å². The molecule has 6 nitrogen and oxygen atoms in total. The van der Waals surface area contributed by atoms with Gasteiger partial charge in [0.05, 0.1) is 10.6 Å². The van der Waals surface area contributed by atoms with Gasteiger partial charge in [0.15, 0.2) is 0 Å². The van der Waals surface area contributed by atoms with Crippen molar-refractivity contribution in [3.05, 3.63) is 16.6 Å². The number of aliphatic carboxylic acids is 1.